The van der Waals surface area contributed by atoms with Gasteiger partial charge in [0, 0.05) is 14.8 Å². The summed E-state index contributed by atoms with van der Waals surface area (Å²) in [6.45, 7) is 0. The van der Waals surface area contributed by atoms with E-state index in [-0.39, 0.29) is 5.82 Å². The minimum atomic E-state index is -0.224. The fourth-order valence-corrected chi connectivity index (χ4v) is 3.24. The molecule has 4 heteroatoms. The summed E-state index contributed by atoms with van der Waals surface area (Å²) in [4.78, 5) is 0. The van der Waals surface area contributed by atoms with Crippen molar-refractivity contribution in [3.05, 3.63) is 68.9 Å². The molecule has 2 rings (SSSR count). The van der Waals surface area contributed by atoms with Gasteiger partial charge in [-0.2, -0.15) is 0 Å². The van der Waals surface area contributed by atoms with E-state index in [0.29, 0.717) is 22.9 Å². The Balaban J connectivity index is 2.09. The zero-order valence-corrected chi connectivity index (χ0v) is 14.7. The zero-order valence-electron chi connectivity index (χ0n) is 10.8. The zero-order chi connectivity index (χ0) is 14.5. The molecule has 0 saturated carbocycles. The van der Waals surface area contributed by atoms with E-state index in [0.717, 1.165) is 16.2 Å². The first-order chi connectivity index (χ1) is 9.58. The van der Waals surface area contributed by atoms with Gasteiger partial charge in [-0.05, 0) is 54.2 Å². The Morgan fingerprint density at radius 1 is 1.10 bits per heavy atom. The van der Waals surface area contributed by atoms with Crippen molar-refractivity contribution in [3.63, 3.8) is 0 Å². The molecule has 0 spiro atoms. The molecule has 0 saturated heterocycles. The Labute approximate surface area is 140 Å². The summed E-state index contributed by atoms with van der Waals surface area (Å²) in [6.07, 6.45) is 1.60. The molecule has 0 bridgehead atoms. The van der Waals surface area contributed by atoms with Gasteiger partial charge < -0.3 is 0 Å². The molecule has 106 valence electrons. The summed E-state index contributed by atoms with van der Waals surface area (Å²) < 4.78 is 14.9. The molecule has 1 unspecified atom stereocenters. The van der Waals surface area contributed by atoms with Crippen LogP contribution in [0.4, 0.5) is 4.39 Å². The van der Waals surface area contributed by atoms with Gasteiger partial charge in [0.15, 0.2) is 0 Å². The number of benzene rings is 2. The summed E-state index contributed by atoms with van der Waals surface area (Å²) in [5.41, 5.74) is 1.96. The number of alkyl halides is 1. The molecule has 0 radical (unpaired) electrons. The highest BCUT2D eigenvalue weighted by molar-refractivity contribution is 9.10. The van der Waals surface area contributed by atoms with E-state index in [1.807, 2.05) is 12.1 Å². The van der Waals surface area contributed by atoms with Crippen LogP contribution in [0.25, 0.3) is 0 Å². The molecule has 0 heterocycles. The summed E-state index contributed by atoms with van der Waals surface area (Å²) >= 11 is 12.8. The van der Waals surface area contributed by atoms with Crippen molar-refractivity contribution >= 4 is 43.5 Å². The molecule has 1 atom stereocenters. The van der Waals surface area contributed by atoms with E-state index in [1.54, 1.807) is 12.1 Å². The average molecular weight is 421 g/mol. The van der Waals surface area contributed by atoms with E-state index >= 15 is 0 Å². The average Bonchev–Trinajstić information content (AvgIpc) is 2.41. The van der Waals surface area contributed by atoms with E-state index in [2.05, 4.69) is 44.0 Å². The third-order valence-electron chi connectivity index (χ3n) is 3.16. The number of halogens is 4. The largest absolute Gasteiger partial charge is 0.207 e. The fraction of sp³-hybridized carbons (Fsp3) is 0.250. The van der Waals surface area contributed by atoms with E-state index in [1.165, 1.54) is 11.6 Å². The molecule has 0 N–H and O–H groups in total. The Morgan fingerprint density at radius 2 is 1.90 bits per heavy atom. The van der Waals surface area contributed by atoms with Crippen LogP contribution in [0.5, 0.6) is 0 Å². The van der Waals surface area contributed by atoms with Crippen molar-refractivity contribution in [1.82, 2.24) is 0 Å². The highest BCUT2D eigenvalue weighted by Crippen LogP contribution is 2.22. The smallest absolute Gasteiger partial charge is 0.127 e. The lowest BCUT2D eigenvalue weighted by atomic mass is 9.94. The summed E-state index contributed by atoms with van der Waals surface area (Å²) in [5, 5.41) is 1.27. The van der Waals surface area contributed by atoms with Gasteiger partial charge in [0.1, 0.15) is 5.82 Å². The van der Waals surface area contributed by atoms with Crippen LogP contribution in [-0.2, 0) is 12.8 Å². The van der Waals surface area contributed by atoms with Crippen LogP contribution >= 0.6 is 43.5 Å². The van der Waals surface area contributed by atoms with Gasteiger partial charge in [0.25, 0.3) is 0 Å². The summed E-state index contributed by atoms with van der Waals surface area (Å²) in [7, 11) is 0. The second-order valence-electron chi connectivity index (χ2n) is 4.79. The van der Waals surface area contributed by atoms with Crippen LogP contribution in [0.1, 0.15) is 11.1 Å². The lowest BCUT2D eigenvalue weighted by Crippen LogP contribution is -2.11. The van der Waals surface area contributed by atoms with Crippen LogP contribution in [0.2, 0.25) is 5.02 Å². The number of rotatable bonds is 5. The summed E-state index contributed by atoms with van der Waals surface area (Å²) in [6, 6.07) is 13.1. The minimum absolute atomic E-state index is 0.224. The van der Waals surface area contributed by atoms with Gasteiger partial charge in [0.2, 0.25) is 0 Å². The monoisotopic (exact) mass is 418 g/mol. The molecule has 0 aromatic heterocycles. The van der Waals surface area contributed by atoms with Gasteiger partial charge in [-0.25, -0.2) is 4.39 Å². The van der Waals surface area contributed by atoms with Crippen molar-refractivity contribution in [3.8, 4) is 0 Å². The van der Waals surface area contributed by atoms with Gasteiger partial charge in [0.05, 0.1) is 0 Å². The molecule has 0 amide bonds. The van der Waals surface area contributed by atoms with E-state index in [9.17, 15) is 4.39 Å². The maximum atomic E-state index is 13.8. The molecular weight excluding hydrogens is 406 g/mol. The maximum absolute atomic E-state index is 13.8. The van der Waals surface area contributed by atoms with E-state index < -0.39 is 0 Å². The molecule has 0 aliphatic carbocycles. The highest BCUT2D eigenvalue weighted by Gasteiger charge is 2.13. The van der Waals surface area contributed by atoms with Gasteiger partial charge in [-0.1, -0.05) is 61.7 Å². The molecule has 0 aliphatic heterocycles. The lowest BCUT2D eigenvalue weighted by Gasteiger charge is -2.15. The molecular formula is C16H14Br2ClF. The Morgan fingerprint density at radius 3 is 2.55 bits per heavy atom. The molecule has 2 aromatic carbocycles. The SMILES string of the molecule is Fc1cc(Cl)ccc1CC(CBr)Cc1cccc(Br)c1. The maximum Gasteiger partial charge on any atom is 0.127 e. The molecule has 2 aromatic rings. The van der Waals surface area contributed by atoms with Gasteiger partial charge in [-0.15, -0.1) is 0 Å². The Bertz CT molecular complexity index is 586. The quantitative estimate of drug-likeness (QED) is 0.518. The third-order valence-corrected chi connectivity index (χ3v) is 4.80. The number of hydrogen-bond donors (Lipinski definition) is 0. The first kappa shape index (κ1) is 16.0. The predicted molar refractivity (Wildman–Crippen MR) is 90.2 cm³/mol. The van der Waals surface area contributed by atoms with Crippen molar-refractivity contribution in [2.75, 3.05) is 5.33 Å². The highest BCUT2D eigenvalue weighted by atomic mass is 79.9. The van der Waals surface area contributed by atoms with Crippen molar-refractivity contribution in [1.29, 1.82) is 0 Å². The predicted octanol–water partition coefficient (Wildman–Crippen LogP) is 6.04. The molecule has 0 aliphatic rings. The lowest BCUT2D eigenvalue weighted by molar-refractivity contribution is 0.550. The topological polar surface area (TPSA) is 0 Å². The Hall–Kier alpha value is -0.380. The van der Waals surface area contributed by atoms with Gasteiger partial charge in [-0.3, -0.25) is 0 Å². The first-order valence-electron chi connectivity index (χ1n) is 6.33. The van der Waals surface area contributed by atoms with Crippen LogP contribution in [-0.4, -0.2) is 5.33 Å². The van der Waals surface area contributed by atoms with Crippen LogP contribution in [0, 0.1) is 11.7 Å². The third kappa shape index (κ3) is 4.57. The normalized spacial score (nSPS) is 12.4. The van der Waals surface area contributed by atoms with Crippen molar-refractivity contribution in [2.24, 2.45) is 5.92 Å². The Kier molecular flexibility index (Phi) is 6.06. The number of hydrogen-bond acceptors (Lipinski definition) is 0. The molecule has 0 nitrogen and oxygen atoms in total. The van der Waals surface area contributed by atoms with Crippen LogP contribution in [0.3, 0.4) is 0 Å². The second-order valence-corrected chi connectivity index (χ2v) is 6.79. The standard InChI is InChI=1S/C16H14Br2ClF/c17-10-12(6-11-2-1-3-14(18)8-11)7-13-4-5-15(19)9-16(13)20/h1-5,8-9,12H,6-7,10H2. The fourth-order valence-electron chi connectivity index (χ4n) is 2.18. The molecule has 0 fully saturated rings. The van der Waals surface area contributed by atoms with E-state index in [4.69, 9.17) is 11.6 Å². The van der Waals surface area contributed by atoms with Gasteiger partial charge >= 0.3 is 0 Å². The van der Waals surface area contributed by atoms with Crippen LogP contribution in [0.15, 0.2) is 46.9 Å². The van der Waals surface area contributed by atoms with Crippen molar-refractivity contribution < 1.29 is 4.39 Å². The van der Waals surface area contributed by atoms with Crippen molar-refractivity contribution in [2.45, 2.75) is 12.8 Å². The first-order valence-corrected chi connectivity index (χ1v) is 8.62. The van der Waals surface area contributed by atoms with Crippen LogP contribution < -0.4 is 0 Å². The summed E-state index contributed by atoms with van der Waals surface area (Å²) in [5.74, 6) is 0.123. The minimum Gasteiger partial charge on any atom is -0.207 e. The molecule has 20 heavy (non-hydrogen) atoms. The second kappa shape index (κ2) is 7.58.